The van der Waals surface area contributed by atoms with Gasteiger partial charge >= 0.3 is 0 Å². The molecule has 1 unspecified atom stereocenters. The van der Waals surface area contributed by atoms with Crippen LogP contribution in [0.5, 0.6) is 0 Å². The molecule has 0 saturated carbocycles. The Labute approximate surface area is 100 Å². The number of nitriles is 1. The van der Waals surface area contributed by atoms with Crippen molar-refractivity contribution in [2.24, 2.45) is 5.92 Å². The maximum atomic E-state index is 8.66. The normalized spacial score (nSPS) is 21.5. The molecule has 0 aromatic heterocycles. The summed E-state index contributed by atoms with van der Waals surface area (Å²) in [5.41, 5.74) is 0. The zero-order chi connectivity index (χ0) is 11.8. The first kappa shape index (κ1) is 13.5. The van der Waals surface area contributed by atoms with Crippen molar-refractivity contribution in [3.8, 4) is 6.07 Å². The molecule has 0 bridgehead atoms. The number of likely N-dealkylation sites (tertiary alicyclic amines) is 1. The second kappa shape index (κ2) is 7.65. The second-order valence-corrected chi connectivity index (χ2v) is 4.85. The minimum absolute atomic E-state index is 0.609. The summed E-state index contributed by atoms with van der Waals surface area (Å²) in [5, 5.41) is 8.66. The Bertz CT molecular complexity index is 216. The first-order chi connectivity index (χ1) is 7.80. The van der Waals surface area contributed by atoms with Crippen LogP contribution in [0, 0.1) is 17.2 Å². The summed E-state index contributed by atoms with van der Waals surface area (Å²) in [6.07, 6.45) is 3.76. The van der Waals surface area contributed by atoms with E-state index in [4.69, 9.17) is 5.26 Å². The topological polar surface area (TPSA) is 30.3 Å². The zero-order valence-electron chi connectivity index (χ0n) is 10.8. The molecule has 0 amide bonds. The van der Waals surface area contributed by atoms with E-state index in [1.807, 2.05) is 0 Å². The van der Waals surface area contributed by atoms with Crippen LogP contribution in [0.4, 0.5) is 0 Å². The highest BCUT2D eigenvalue weighted by molar-refractivity contribution is 4.84. The molecule has 16 heavy (non-hydrogen) atoms. The summed E-state index contributed by atoms with van der Waals surface area (Å²) >= 11 is 0. The largest absolute Gasteiger partial charge is 0.303 e. The van der Waals surface area contributed by atoms with Gasteiger partial charge in [-0.15, -0.1) is 0 Å². The van der Waals surface area contributed by atoms with E-state index in [0.29, 0.717) is 6.54 Å². The Balaban J connectivity index is 2.27. The number of hydrogen-bond donors (Lipinski definition) is 0. The smallest absolute Gasteiger partial charge is 0.0866 e. The van der Waals surface area contributed by atoms with E-state index in [1.165, 1.54) is 38.9 Å². The van der Waals surface area contributed by atoms with Crippen molar-refractivity contribution in [2.45, 2.75) is 33.1 Å². The van der Waals surface area contributed by atoms with Crippen molar-refractivity contribution in [3.05, 3.63) is 0 Å². The van der Waals surface area contributed by atoms with Gasteiger partial charge in [-0.3, -0.25) is 4.90 Å². The summed E-state index contributed by atoms with van der Waals surface area (Å²) in [6.45, 7) is 11.0. The van der Waals surface area contributed by atoms with Crippen molar-refractivity contribution < 1.29 is 0 Å². The molecule has 1 fully saturated rings. The van der Waals surface area contributed by atoms with E-state index in [9.17, 15) is 0 Å². The Morgan fingerprint density at radius 1 is 1.31 bits per heavy atom. The molecule has 0 aromatic rings. The van der Waals surface area contributed by atoms with Gasteiger partial charge in [-0.2, -0.15) is 5.26 Å². The van der Waals surface area contributed by atoms with Gasteiger partial charge in [-0.05, 0) is 44.8 Å². The predicted octanol–water partition coefficient (Wildman–Crippen LogP) is 1.95. The molecule has 3 nitrogen and oxygen atoms in total. The van der Waals surface area contributed by atoms with Gasteiger partial charge < -0.3 is 4.90 Å². The van der Waals surface area contributed by atoms with Crippen molar-refractivity contribution in [1.29, 1.82) is 5.26 Å². The zero-order valence-corrected chi connectivity index (χ0v) is 10.8. The van der Waals surface area contributed by atoms with Crippen LogP contribution in [0.15, 0.2) is 0 Å². The summed E-state index contributed by atoms with van der Waals surface area (Å²) in [4.78, 5) is 4.86. The van der Waals surface area contributed by atoms with E-state index in [-0.39, 0.29) is 0 Å². The molecule has 0 N–H and O–H groups in total. The standard InChI is InChI=1S/C13H25N3/c1-3-7-15(8-4-2)11-13-5-9-16(12-13)10-6-14/h13H,3-5,7-12H2,1-2H3. The van der Waals surface area contributed by atoms with E-state index >= 15 is 0 Å². The fraction of sp³-hybridized carbons (Fsp3) is 0.923. The summed E-state index contributed by atoms with van der Waals surface area (Å²) in [7, 11) is 0. The molecule has 1 atom stereocenters. The molecule has 0 aliphatic carbocycles. The highest BCUT2D eigenvalue weighted by Crippen LogP contribution is 2.17. The first-order valence-electron chi connectivity index (χ1n) is 6.61. The fourth-order valence-electron chi connectivity index (χ4n) is 2.60. The van der Waals surface area contributed by atoms with Crippen LogP contribution in [0.2, 0.25) is 0 Å². The average molecular weight is 223 g/mol. The lowest BCUT2D eigenvalue weighted by Gasteiger charge is -2.24. The van der Waals surface area contributed by atoms with Crippen LogP contribution in [-0.4, -0.2) is 49.1 Å². The van der Waals surface area contributed by atoms with Crippen LogP contribution in [0.1, 0.15) is 33.1 Å². The van der Waals surface area contributed by atoms with Crippen LogP contribution in [-0.2, 0) is 0 Å². The number of nitrogens with zero attached hydrogens (tertiary/aromatic N) is 3. The maximum absolute atomic E-state index is 8.66. The summed E-state index contributed by atoms with van der Waals surface area (Å²) in [5.74, 6) is 0.784. The molecule has 1 aliphatic rings. The molecule has 92 valence electrons. The fourth-order valence-corrected chi connectivity index (χ4v) is 2.60. The SMILES string of the molecule is CCCN(CCC)CC1CCN(CC#N)C1. The molecule has 0 radical (unpaired) electrons. The Kier molecular flexibility index (Phi) is 6.44. The molecule has 3 heteroatoms. The van der Waals surface area contributed by atoms with Crippen LogP contribution in [0.3, 0.4) is 0 Å². The molecular formula is C13H25N3. The quantitative estimate of drug-likeness (QED) is 0.618. The highest BCUT2D eigenvalue weighted by Gasteiger charge is 2.23. The molecule has 1 rings (SSSR count). The molecule has 0 spiro atoms. The molecular weight excluding hydrogens is 198 g/mol. The van der Waals surface area contributed by atoms with E-state index in [0.717, 1.165) is 19.0 Å². The highest BCUT2D eigenvalue weighted by atomic mass is 15.2. The van der Waals surface area contributed by atoms with Gasteiger partial charge in [0.1, 0.15) is 0 Å². The van der Waals surface area contributed by atoms with E-state index < -0.39 is 0 Å². The van der Waals surface area contributed by atoms with Crippen molar-refractivity contribution in [1.82, 2.24) is 9.80 Å². The average Bonchev–Trinajstić information content (AvgIpc) is 2.67. The maximum Gasteiger partial charge on any atom is 0.0866 e. The minimum Gasteiger partial charge on any atom is -0.303 e. The van der Waals surface area contributed by atoms with Crippen LogP contribution >= 0.6 is 0 Å². The number of hydrogen-bond acceptors (Lipinski definition) is 3. The lowest BCUT2D eigenvalue weighted by molar-refractivity contribution is 0.229. The lowest BCUT2D eigenvalue weighted by Crippen LogP contribution is -2.32. The van der Waals surface area contributed by atoms with Crippen LogP contribution < -0.4 is 0 Å². The van der Waals surface area contributed by atoms with Gasteiger partial charge in [-0.25, -0.2) is 0 Å². The lowest BCUT2D eigenvalue weighted by atomic mass is 10.1. The summed E-state index contributed by atoms with van der Waals surface area (Å²) < 4.78 is 0. The Morgan fingerprint density at radius 2 is 2.00 bits per heavy atom. The van der Waals surface area contributed by atoms with Crippen LogP contribution in [0.25, 0.3) is 0 Å². The monoisotopic (exact) mass is 223 g/mol. The van der Waals surface area contributed by atoms with Crippen molar-refractivity contribution in [2.75, 3.05) is 39.3 Å². The van der Waals surface area contributed by atoms with Crippen molar-refractivity contribution in [3.63, 3.8) is 0 Å². The number of rotatable bonds is 7. The van der Waals surface area contributed by atoms with E-state index in [1.54, 1.807) is 0 Å². The molecule has 1 heterocycles. The van der Waals surface area contributed by atoms with Gasteiger partial charge in [0.05, 0.1) is 12.6 Å². The third-order valence-corrected chi connectivity index (χ3v) is 3.26. The molecule has 0 aromatic carbocycles. The van der Waals surface area contributed by atoms with Gasteiger partial charge in [0, 0.05) is 13.1 Å². The molecule has 1 aliphatic heterocycles. The van der Waals surface area contributed by atoms with Gasteiger partial charge in [0.25, 0.3) is 0 Å². The third kappa shape index (κ3) is 4.51. The second-order valence-electron chi connectivity index (χ2n) is 4.85. The van der Waals surface area contributed by atoms with Gasteiger partial charge in [-0.1, -0.05) is 13.8 Å². The van der Waals surface area contributed by atoms with Gasteiger partial charge in [0.15, 0.2) is 0 Å². The van der Waals surface area contributed by atoms with Gasteiger partial charge in [0.2, 0.25) is 0 Å². The molecule has 1 saturated heterocycles. The van der Waals surface area contributed by atoms with Crippen molar-refractivity contribution >= 4 is 0 Å². The minimum atomic E-state index is 0.609. The first-order valence-corrected chi connectivity index (χ1v) is 6.61. The summed E-state index contributed by atoms with van der Waals surface area (Å²) in [6, 6.07) is 2.25. The Hall–Kier alpha value is -0.590. The Morgan fingerprint density at radius 3 is 2.56 bits per heavy atom. The third-order valence-electron chi connectivity index (χ3n) is 3.26. The predicted molar refractivity (Wildman–Crippen MR) is 67.2 cm³/mol. The van der Waals surface area contributed by atoms with E-state index in [2.05, 4.69) is 29.7 Å².